The minimum atomic E-state index is -0.931. The number of ether oxygens (including phenoxy) is 2. The quantitative estimate of drug-likeness (QED) is 0.536. The predicted octanol–water partition coefficient (Wildman–Crippen LogP) is 4.09. The molecule has 4 heteroatoms. The van der Waals surface area contributed by atoms with Crippen LogP contribution >= 0.6 is 0 Å². The molecule has 2 aromatic rings. The number of unbranched alkanes of at least 4 members (excludes halogenated alkanes) is 1. The highest BCUT2D eigenvalue weighted by Crippen LogP contribution is 2.26. The molecule has 1 atom stereocenters. The fourth-order valence-corrected chi connectivity index (χ4v) is 2.48. The van der Waals surface area contributed by atoms with Gasteiger partial charge in [0.25, 0.3) is 0 Å². The predicted molar refractivity (Wildman–Crippen MR) is 96.1 cm³/mol. The molecule has 0 amide bonds. The van der Waals surface area contributed by atoms with Gasteiger partial charge in [0.2, 0.25) is 0 Å². The highest BCUT2D eigenvalue weighted by molar-refractivity contribution is 5.85. The van der Waals surface area contributed by atoms with Crippen molar-refractivity contribution >= 4 is 11.9 Å². The van der Waals surface area contributed by atoms with Crippen LogP contribution in [0.5, 0.6) is 0 Å². The first kappa shape index (κ1) is 18.7. The van der Waals surface area contributed by atoms with Crippen molar-refractivity contribution in [1.82, 2.24) is 0 Å². The third-order valence-corrected chi connectivity index (χ3v) is 3.87. The highest BCUT2D eigenvalue weighted by atomic mass is 16.6. The molecule has 0 fully saturated rings. The number of carbonyl (C=O) groups excluding carboxylic acids is 2. The van der Waals surface area contributed by atoms with E-state index in [2.05, 4.69) is 0 Å². The van der Waals surface area contributed by atoms with Crippen molar-refractivity contribution in [2.24, 2.45) is 0 Å². The topological polar surface area (TPSA) is 52.6 Å². The maximum Gasteiger partial charge on any atom is 0.347 e. The van der Waals surface area contributed by atoms with E-state index in [1.807, 2.05) is 67.6 Å². The smallest absolute Gasteiger partial charge is 0.347 e. The van der Waals surface area contributed by atoms with E-state index < -0.39 is 24.0 Å². The summed E-state index contributed by atoms with van der Waals surface area (Å²) in [5.74, 6) is -1.55. The third-order valence-electron chi connectivity index (χ3n) is 3.87. The second-order valence-corrected chi connectivity index (χ2v) is 5.85. The molecular formula is C21H24O4. The Bertz CT molecular complexity index is 627. The summed E-state index contributed by atoms with van der Waals surface area (Å²) in [6, 6.07) is 18.8. The van der Waals surface area contributed by atoms with Gasteiger partial charge >= 0.3 is 11.9 Å². The number of benzene rings is 2. The standard InChI is InChI=1S/C21H24O4/c1-3-4-15-24-20(22)16(2)25-21(23)19(17-11-7-5-8-12-17)18-13-9-6-10-14-18/h5-14,16,19H,3-4,15H2,1-2H3/t16-/m1/s1. The molecule has 0 aromatic heterocycles. The summed E-state index contributed by atoms with van der Waals surface area (Å²) in [6.45, 7) is 3.90. The normalized spacial score (nSPS) is 11.8. The highest BCUT2D eigenvalue weighted by Gasteiger charge is 2.28. The molecule has 0 saturated carbocycles. The molecule has 132 valence electrons. The van der Waals surface area contributed by atoms with Gasteiger partial charge in [-0.1, -0.05) is 74.0 Å². The van der Waals surface area contributed by atoms with Gasteiger partial charge in [-0.05, 0) is 24.5 Å². The van der Waals surface area contributed by atoms with E-state index in [0.29, 0.717) is 6.61 Å². The Hall–Kier alpha value is -2.62. The molecule has 0 aliphatic rings. The number of hydrogen-bond acceptors (Lipinski definition) is 4. The minimum absolute atomic E-state index is 0.345. The van der Waals surface area contributed by atoms with Gasteiger partial charge < -0.3 is 9.47 Å². The van der Waals surface area contributed by atoms with E-state index in [-0.39, 0.29) is 0 Å². The van der Waals surface area contributed by atoms with Crippen LogP contribution in [0.25, 0.3) is 0 Å². The lowest BCUT2D eigenvalue weighted by atomic mass is 9.91. The van der Waals surface area contributed by atoms with Crippen molar-refractivity contribution in [3.63, 3.8) is 0 Å². The zero-order valence-corrected chi connectivity index (χ0v) is 14.7. The first-order chi connectivity index (χ1) is 12.1. The Kier molecular flexibility index (Phi) is 7.20. The van der Waals surface area contributed by atoms with Crippen LogP contribution in [0.3, 0.4) is 0 Å². The van der Waals surface area contributed by atoms with E-state index in [4.69, 9.17) is 9.47 Å². The van der Waals surface area contributed by atoms with Gasteiger partial charge in [-0.15, -0.1) is 0 Å². The van der Waals surface area contributed by atoms with Crippen molar-refractivity contribution < 1.29 is 19.1 Å². The molecule has 4 nitrogen and oxygen atoms in total. The fourth-order valence-electron chi connectivity index (χ4n) is 2.48. The van der Waals surface area contributed by atoms with Crippen LogP contribution < -0.4 is 0 Å². The lowest BCUT2D eigenvalue weighted by molar-refractivity contribution is -0.167. The summed E-state index contributed by atoms with van der Waals surface area (Å²) in [7, 11) is 0. The van der Waals surface area contributed by atoms with E-state index in [1.165, 1.54) is 0 Å². The van der Waals surface area contributed by atoms with Gasteiger partial charge in [0.05, 0.1) is 6.61 Å². The monoisotopic (exact) mass is 340 g/mol. The van der Waals surface area contributed by atoms with Crippen LogP contribution in [0, 0.1) is 0 Å². The molecule has 0 aliphatic carbocycles. The minimum Gasteiger partial charge on any atom is -0.463 e. The third kappa shape index (κ3) is 5.45. The SMILES string of the molecule is CCCCOC(=O)[C@@H](C)OC(=O)C(c1ccccc1)c1ccccc1. The Balaban J connectivity index is 2.12. The van der Waals surface area contributed by atoms with Gasteiger partial charge in [0.15, 0.2) is 6.10 Å². The van der Waals surface area contributed by atoms with Gasteiger partial charge in [0.1, 0.15) is 5.92 Å². The molecule has 0 bridgehead atoms. The summed E-state index contributed by atoms with van der Waals surface area (Å²) in [6.07, 6.45) is 0.800. The summed E-state index contributed by atoms with van der Waals surface area (Å²) >= 11 is 0. The zero-order chi connectivity index (χ0) is 18.1. The summed E-state index contributed by atoms with van der Waals surface area (Å²) in [5.41, 5.74) is 1.65. The first-order valence-corrected chi connectivity index (χ1v) is 8.60. The molecule has 0 unspecified atom stereocenters. The first-order valence-electron chi connectivity index (χ1n) is 8.60. The van der Waals surface area contributed by atoms with Gasteiger partial charge in [-0.3, -0.25) is 4.79 Å². The number of carbonyl (C=O) groups is 2. The molecular weight excluding hydrogens is 316 g/mol. The summed E-state index contributed by atoms with van der Waals surface area (Å²) in [4.78, 5) is 24.7. The van der Waals surface area contributed by atoms with Crippen LogP contribution in [-0.4, -0.2) is 24.6 Å². The van der Waals surface area contributed by atoms with Crippen LogP contribution in [0.1, 0.15) is 43.7 Å². The Morgan fingerprint density at radius 2 is 1.40 bits per heavy atom. The van der Waals surface area contributed by atoms with Crippen LogP contribution in [0.15, 0.2) is 60.7 Å². The van der Waals surface area contributed by atoms with Gasteiger partial charge in [-0.25, -0.2) is 4.79 Å². The van der Waals surface area contributed by atoms with Crippen molar-refractivity contribution in [3.05, 3.63) is 71.8 Å². The van der Waals surface area contributed by atoms with Crippen LogP contribution in [0.4, 0.5) is 0 Å². The number of hydrogen-bond donors (Lipinski definition) is 0. The molecule has 0 spiro atoms. The number of esters is 2. The Morgan fingerprint density at radius 1 is 0.880 bits per heavy atom. The molecule has 0 saturated heterocycles. The molecule has 0 aliphatic heterocycles. The van der Waals surface area contributed by atoms with E-state index >= 15 is 0 Å². The van der Waals surface area contributed by atoms with Crippen molar-refractivity contribution in [1.29, 1.82) is 0 Å². The fraction of sp³-hybridized carbons (Fsp3) is 0.333. The molecule has 0 N–H and O–H groups in total. The molecule has 2 aromatic carbocycles. The van der Waals surface area contributed by atoms with Crippen molar-refractivity contribution in [3.8, 4) is 0 Å². The maximum absolute atomic E-state index is 12.8. The van der Waals surface area contributed by atoms with Gasteiger partial charge in [0, 0.05) is 0 Å². The lowest BCUT2D eigenvalue weighted by Gasteiger charge is -2.19. The maximum atomic E-state index is 12.8. The van der Waals surface area contributed by atoms with E-state index in [0.717, 1.165) is 24.0 Å². The largest absolute Gasteiger partial charge is 0.463 e. The van der Waals surface area contributed by atoms with Crippen molar-refractivity contribution in [2.75, 3.05) is 6.61 Å². The second-order valence-electron chi connectivity index (χ2n) is 5.85. The van der Waals surface area contributed by atoms with E-state index in [1.54, 1.807) is 6.92 Å². The average Bonchev–Trinajstić information content (AvgIpc) is 2.63. The summed E-state index contributed by atoms with van der Waals surface area (Å²) < 4.78 is 10.5. The Morgan fingerprint density at radius 3 is 1.88 bits per heavy atom. The average molecular weight is 340 g/mol. The Labute approximate surface area is 148 Å². The molecule has 25 heavy (non-hydrogen) atoms. The second kappa shape index (κ2) is 9.62. The zero-order valence-electron chi connectivity index (χ0n) is 14.7. The van der Waals surface area contributed by atoms with Crippen LogP contribution in [0.2, 0.25) is 0 Å². The number of rotatable bonds is 8. The lowest BCUT2D eigenvalue weighted by Crippen LogP contribution is -2.29. The van der Waals surface area contributed by atoms with Crippen LogP contribution in [-0.2, 0) is 19.1 Å². The molecule has 0 radical (unpaired) electrons. The van der Waals surface area contributed by atoms with Crippen molar-refractivity contribution in [2.45, 2.75) is 38.7 Å². The molecule has 2 rings (SSSR count). The molecule has 0 heterocycles. The summed E-state index contributed by atoms with van der Waals surface area (Å²) in [5, 5.41) is 0. The van der Waals surface area contributed by atoms with Gasteiger partial charge in [-0.2, -0.15) is 0 Å². The van der Waals surface area contributed by atoms with E-state index in [9.17, 15) is 9.59 Å².